The first-order valence-electron chi connectivity index (χ1n) is 11.4. The Kier molecular flexibility index (Phi) is 7.42. The lowest BCUT2D eigenvalue weighted by molar-refractivity contribution is 0.171. The maximum absolute atomic E-state index is 12.5. The van der Waals surface area contributed by atoms with Crippen molar-refractivity contribution in [1.82, 2.24) is 14.8 Å². The van der Waals surface area contributed by atoms with Crippen LogP contribution in [-0.4, -0.2) is 48.4 Å². The molecule has 3 heterocycles. The largest absolute Gasteiger partial charge is 0.486 e. The van der Waals surface area contributed by atoms with Gasteiger partial charge in [0.15, 0.2) is 11.5 Å². The lowest BCUT2D eigenvalue weighted by Crippen LogP contribution is -2.43. The second kappa shape index (κ2) is 10.5. The van der Waals surface area contributed by atoms with Gasteiger partial charge in [0, 0.05) is 42.8 Å². The summed E-state index contributed by atoms with van der Waals surface area (Å²) in [5.74, 6) is 1.68. The number of aromatic nitrogens is 1. The SMILES string of the molecule is Cl.Nc1cccc2c1ccc(=O)n2CCN1CCC(NCc2ccc3c(c2)OCCO3)CC1. The Morgan fingerprint density at radius 2 is 1.76 bits per heavy atom. The molecule has 1 fully saturated rings. The van der Waals surface area contributed by atoms with Crippen LogP contribution in [0.4, 0.5) is 5.69 Å². The predicted octanol–water partition coefficient (Wildman–Crippen LogP) is 3.03. The highest BCUT2D eigenvalue weighted by atomic mass is 35.5. The number of ether oxygens (including phenoxy) is 2. The highest BCUT2D eigenvalue weighted by molar-refractivity contribution is 5.90. The van der Waals surface area contributed by atoms with Crippen molar-refractivity contribution in [2.75, 3.05) is 38.6 Å². The Hall–Kier alpha value is -2.74. The fourth-order valence-corrected chi connectivity index (χ4v) is 4.64. The van der Waals surface area contributed by atoms with Crippen LogP contribution in [-0.2, 0) is 13.1 Å². The molecule has 0 saturated carbocycles. The van der Waals surface area contributed by atoms with Crippen molar-refractivity contribution in [3.05, 3.63) is 64.4 Å². The van der Waals surface area contributed by atoms with Gasteiger partial charge in [-0.2, -0.15) is 0 Å². The van der Waals surface area contributed by atoms with E-state index in [0.29, 0.717) is 31.5 Å². The number of hydrogen-bond acceptors (Lipinski definition) is 6. The average Bonchev–Trinajstić information content (AvgIpc) is 2.83. The Morgan fingerprint density at radius 3 is 2.58 bits per heavy atom. The summed E-state index contributed by atoms with van der Waals surface area (Å²) in [6.45, 7) is 5.65. The number of anilines is 1. The van der Waals surface area contributed by atoms with E-state index in [2.05, 4.69) is 22.3 Å². The number of pyridine rings is 1. The van der Waals surface area contributed by atoms with Crippen molar-refractivity contribution in [1.29, 1.82) is 0 Å². The third kappa shape index (κ3) is 5.27. The molecule has 0 spiro atoms. The van der Waals surface area contributed by atoms with Gasteiger partial charge in [0.25, 0.3) is 5.56 Å². The topological polar surface area (TPSA) is 81.8 Å². The number of likely N-dealkylation sites (tertiary alicyclic amines) is 1. The van der Waals surface area contributed by atoms with Gasteiger partial charge in [0.1, 0.15) is 13.2 Å². The van der Waals surface area contributed by atoms with E-state index in [1.54, 1.807) is 6.07 Å². The maximum Gasteiger partial charge on any atom is 0.251 e. The third-order valence-corrected chi connectivity index (χ3v) is 6.50. The molecule has 7 nitrogen and oxygen atoms in total. The number of piperidine rings is 1. The molecule has 0 bridgehead atoms. The molecule has 0 amide bonds. The molecule has 1 saturated heterocycles. The lowest BCUT2D eigenvalue weighted by atomic mass is 10.0. The number of nitrogen functional groups attached to an aromatic ring is 1. The molecule has 176 valence electrons. The van der Waals surface area contributed by atoms with Gasteiger partial charge < -0.3 is 30.0 Å². The fourth-order valence-electron chi connectivity index (χ4n) is 4.64. The van der Waals surface area contributed by atoms with Gasteiger partial charge in [-0.15, -0.1) is 12.4 Å². The van der Waals surface area contributed by atoms with Crippen LogP contribution in [0.5, 0.6) is 11.5 Å². The number of rotatable bonds is 6. The van der Waals surface area contributed by atoms with Crippen LogP contribution in [0.3, 0.4) is 0 Å². The van der Waals surface area contributed by atoms with Crippen molar-refractivity contribution < 1.29 is 9.47 Å². The van der Waals surface area contributed by atoms with E-state index >= 15 is 0 Å². The zero-order valence-corrected chi connectivity index (χ0v) is 19.5. The first kappa shape index (κ1) is 23.4. The quantitative estimate of drug-likeness (QED) is 0.539. The minimum absolute atomic E-state index is 0. The zero-order valence-electron chi connectivity index (χ0n) is 18.7. The van der Waals surface area contributed by atoms with Gasteiger partial charge in [-0.1, -0.05) is 12.1 Å². The molecular weight excluding hydrogens is 440 g/mol. The Bertz CT molecular complexity index is 1160. The second-order valence-corrected chi connectivity index (χ2v) is 8.58. The van der Waals surface area contributed by atoms with Crippen LogP contribution in [0.15, 0.2) is 53.3 Å². The van der Waals surface area contributed by atoms with Crippen molar-refractivity contribution in [3.8, 4) is 11.5 Å². The number of fused-ring (bicyclic) bond motifs is 2. The summed E-state index contributed by atoms with van der Waals surface area (Å²) in [5.41, 5.74) is 8.95. The molecule has 1 aromatic heterocycles. The molecule has 8 heteroatoms. The van der Waals surface area contributed by atoms with E-state index in [4.69, 9.17) is 15.2 Å². The van der Waals surface area contributed by atoms with Crippen LogP contribution in [0.1, 0.15) is 18.4 Å². The summed E-state index contributed by atoms with van der Waals surface area (Å²) < 4.78 is 13.1. The molecule has 3 aromatic rings. The summed E-state index contributed by atoms with van der Waals surface area (Å²) in [5, 5.41) is 4.63. The first-order valence-corrected chi connectivity index (χ1v) is 11.4. The summed E-state index contributed by atoms with van der Waals surface area (Å²) in [6, 6.07) is 15.9. The zero-order chi connectivity index (χ0) is 21.9. The Balaban J connectivity index is 0.00000259. The van der Waals surface area contributed by atoms with E-state index in [1.165, 1.54) is 5.56 Å². The molecule has 33 heavy (non-hydrogen) atoms. The minimum Gasteiger partial charge on any atom is -0.486 e. The number of halogens is 1. The fraction of sp³-hybridized carbons (Fsp3) is 0.400. The van der Waals surface area contributed by atoms with E-state index in [9.17, 15) is 4.79 Å². The number of nitrogens with zero attached hydrogens (tertiary/aromatic N) is 2. The van der Waals surface area contributed by atoms with Crippen LogP contribution in [0, 0.1) is 0 Å². The first-order chi connectivity index (χ1) is 15.7. The van der Waals surface area contributed by atoms with Crippen molar-refractivity contribution in [3.63, 3.8) is 0 Å². The summed E-state index contributed by atoms with van der Waals surface area (Å²) >= 11 is 0. The van der Waals surface area contributed by atoms with Crippen LogP contribution >= 0.6 is 12.4 Å². The minimum atomic E-state index is 0. The Morgan fingerprint density at radius 1 is 0.970 bits per heavy atom. The van der Waals surface area contributed by atoms with E-state index in [-0.39, 0.29) is 18.0 Å². The predicted molar refractivity (Wildman–Crippen MR) is 134 cm³/mol. The number of nitrogens with one attached hydrogen (secondary N) is 1. The molecule has 2 aliphatic heterocycles. The van der Waals surface area contributed by atoms with Crippen LogP contribution < -0.4 is 26.1 Å². The molecule has 2 aromatic carbocycles. The van der Waals surface area contributed by atoms with Crippen LogP contribution in [0.25, 0.3) is 10.9 Å². The maximum atomic E-state index is 12.5. The number of benzene rings is 2. The summed E-state index contributed by atoms with van der Waals surface area (Å²) in [6.07, 6.45) is 2.20. The van der Waals surface area contributed by atoms with Gasteiger partial charge in [-0.25, -0.2) is 0 Å². The summed E-state index contributed by atoms with van der Waals surface area (Å²) in [4.78, 5) is 14.9. The molecule has 2 aliphatic rings. The van der Waals surface area contributed by atoms with Gasteiger partial charge in [0.2, 0.25) is 0 Å². The standard InChI is InChI=1S/C25H30N4O3.ClH/c26-21-2-1-3-22-20(21)5-7-25(30)29(22)13-12-28-10-8-19(9-11-28)27-17-18-4-6-23-24(16-18)32-15-14-31-23;/h1-7,16,19,27H,8-15,17,26H2;1H. The monoisotopic (exact) mass is 470 g/mol. The highest BCUT2D eigenvalue weighted by Gasteiger charge is 2.19. The van der Waals surface area contributed by atoms with Crippen molar-refractivity contribution in [2.45, 2.75) is 32.0 Å². The smallest absolute Gasteiger partial charge is 0.251 e. The molecule has 0 aliphatic carbocycles. The molecule has 0 unspecified atom stereocenters. The van der Waals surface area contributed by atoms with Gasteiger partial charge >= 0.3 is 0 Å². The summed E-state index contributed by atoms with van der Waals surface area (Å²) in [7, 11) is 0. The van der Waals surface area contributed by atoms with Gasteiger partial charge in [-0.3, -0.25) is 4.79 Å². The molecule has 5 rings (SSSR count). The molecule has 0 radical (unpaired) electrons. The third-order valence-electron chi connectivity index (χ3n) is 6.50. The molecule has 0 atom stereocenters. The van der Waals surface area contributed by atoms with E-state index in [1.807, 2.05) is 34.9 Å². The van der Waals surface area contributed by atoms with Gasteiger partial charge in [0.05, 0.1) is 5.52 Å². The lowest BCUT2D eigenvalue weighted by Gasteiger charge is -2.32. The number of nitrogens with two attached hydrogens (primary N) is 1. The molecule has 3 N–H and O–H groups in total. The van der Waals surface area contributed by atoms with Crippen molar-refractivity contribution >= 4 is 29.0 Å². The molecular formula is C25H31ClN4O3. The van der Waals surface area contributed by atoms with Crippen molar-refractivity contribution in [2.24, 2.45) is 0 Å². The highest BCUT2D eigenvalue weighted by Crippen LogP contribution is 2.30. The van der Waals surface area contributed by atoms with Crippen LogP contribution in [0.2, 0.25) is 0 Å². The average molecular weight is 471 g/mol. The normalized spacial score (nSPS) is 16.5. The Labute approximate surface area is 199 Å². The van der Waals surface area contributed by atoms with E-state index < -0.39 is 0 Å². The van der Waals surface area contributed by atoms with E-state index in [0.717, 1.165) is 61.4 Å². The second-order valence-electron chi connectivity index (χ2n) is 8.58. The number of hydrogen-bond donors (Lipinski definition) is 2. The van der Waals surface area contributed by atoms with Gasteiger partial charge in [-0.05, 0) is 61.8 Å².